The second-order valence-electron chi connectivity index (χ2n) is 5.80. The van der Waals surface area contributed by atoms with Crippen molar-refractivity contribution in [1.82, 2.24) is 0 Å². The molecule has 6 heteroatoms. The fourth-order valence-corrected chi connectivity index (χ4v) is 2.11. The lowest BCUT2D eigenvalue weighted by Gasteiger charge is -2.14. The lowest BCUT2D eigenvalue weighted by atomic mass is 10.2. The van der Waals surface area contributed by atoms with Gasteiger partial charge in [0.2, 0.25) is 0 Å². The molecule has 0 saturated carbocycles. The van der Waals surface area contributed by atoms with Crippen molar-refractivity contribution >= 4 is 17.6 Å². The van der Waals surface area contributed by atoms with Gasteiger partial charge < -0.3 is 14.2 Å². The van der Waals surface area contributed by atoms with Gasteiger partial charge in [0.1, 0.15) is 11.5 Å². The molecule has 0 aromatic heterocycles. The molecule has 0 heterocycles. The van der Waals surface area contributed by atoms with E-state index >= 15 is 0 Å². The highest BCUT2D eigenvalue weighted by Gasteiger charge is 2.16. The summed E-state index contributed by atoms with van der Waals surface area (Å²) in [6, 6.07) is 12.6. The maximum Gasteiger partial charge on any atom is 0.347 e. The molecule has 0 aliphatic carbocycles. The van der Waals surface area contributed by atoms with Crippen molar-refractivity contribution in [2.24, 2.45) is 0 Å². The number of hydrogen-bond donors (Lipinski definition) is 0. The minimum Gasteiger partial charge on any atom is -0.479 e. The van der Waals surface area contributed by atoms with E-state index in [4.69, 9.17) is 20.8 Å². The first-order valence-corrected chi connectivity index (χ1v) is 8.66. The van der Waals surface area contributed by atoms with E-state index < -0.39 is 18.0 Å². The van der Waals surface area contributed by atoms with Gasteiger partial charge in [-0.05, 0) is 37.6 Å². The Hall–Kier alpha value is -3.33. The second-order valence-corrected chi connectivity index (χ2v) is 5.80. The largest absolute Gasteiger partial charge is 0.479 e. The summed E-state index contributed by atoms with van der Waals surface area (Å²) < 4.78 is 15.9. The molecular formula is C21H21NO5. The summed E-state index contributed by atoms with van der Waals surface area (Å²) in [6.07, 6.45) is 1.04. The SMILES string of the molecule is [C-]#[N+]c1ccc(C(=O)Oc2ccc(O[C@H](C)C(=O)OCCCC)cc2)cc1. The van der Waals surface area contributed by atoms with Crippen molar-refractivity contribution < 1.29 is 23.8 Å². The minimum atomic E-state index is -0.726. The van der Waals surface area contributed by atoms with Crippen molar-refractivity contribution in [2.45, 2.75) is 32.8 Å². The number of benzene rings is 2. The van der Waals surface area contributed by atoms with Crippen molar-refractivity contribution in [2.75, 3.05) is 6.61 Å². The van der Waals surface area contributed by atoms with Gasteiger partial charge in [-0.15, -0.1) is 0 Å². The van der Waals surface area contributed by atoms with Gasteiger partial charge in [0.15, 0.2) is 11.8 Å². The zero-order valence-electron chi connectivity index (χ0n) is 15.3. The summed E-state index contributed by atoms with van der Waals surface area (Å²) >= 11 is 0. The second kappa shape index (κ2) is 9.97. The summed E-state index contributed by atoms with van der Waals surface area (Å²) in [5.41, 5.74) is 0.807. The van der Waals surface area contributed by atoms with Gasteiger partial charge in [0, 0.05) is 0 Å². The Morgan fingerprint density at radius 3 is 2.26 bits per heavy atom. The number of ether oxygens (including phenoxy) is 3. The van der Waals surface area contributed by atoms with E-state index in [0.717, 1.165) is 12.8 Å². The molecule has 140 valence electrons. The molecule has 1 atom stereocenters. The third-order valence-electron chi connectivity index (χ3n) is 3.65. The topological polar surface area (TPSA) is 66.2 Å². The van der Waals surface area contributed by atoms with Crippen molar-refractivity contribution in [1.29, 1.82) is 0 Å². The molecule has 0 saturated heterocycles. The van der Waals surface area contributed by atoms with Crippen LogP contribution in [0.3, 0.4) is 0 Å². The first-order chi connectivity index (χ1) is 13.0. The summed E-state index contributed by atoms with van der Waals surface area (Å²) in [7, 11) is 0. The Labute approximate surface area is 158 Å². The van der Waals surface area contributed by atoms with Crippen LogP contribution in [0, 0.1) is 6.57 Å². The first kappa shape index (κ1) is 20.0. The molecule has 27 heavy (non-hydrogen) atoms. The molecule has 0 spiro atoms. The number of rotatable bonds is 8. The van der Waals surface area contributed by atoms with Crippen LogP contribution in [0.15, 0.2) is 48.5 Å². The third kappa shape index (κ3) is 6.15. The lowest BCUT2D eigenvalue weighted by molar-refractivity contribution is -0.151. The smallest absolute Gasteiger partial charge is 0.347 e. The quantitative estimate of drug-likeness (QED) is 0.296. The van der Waals surface area contributed by atoms with Crippen LogP contribution in [0.1, 0.15) is 37.0 Å². The first-order valence-electron chi connectivity index (χ1n) is 8.66. The highest BCUT2D eigenvalue weighted by Crippen LogP contribution is 2.20. The van der Waals surface area contributed by atoms with Crippen LogP contribution < -0.4 is 9.47 Å². The highest BCUT2D eigenvalue weighted by molar-refractivity contribution is 5.91. The van der Waals surface area contributed by atoms with Crippen LogP contribution in [0.5, 0.6) is 11.5 Å². The van der Waals surface area contributed by atoms with Gasteiger partial charge in [-0.3, -0.25) is 0 Å². The lowest BCUT2D eigenvalue weighted by Crippen LogP contribution is -2.26. The molecule has 0 aliphatic rings. The third-order valence-corrected chi connectivity index (χ3v) is 3.65. The molecule has 0 unspecified atom stereocenters. The maximum absolute atomic E-state index is 12.1. The Kier molecular flexibility index (Phi) is 7.38. The standard InChI is InChI=1S/C21H21NO5/c1-4-5-14-25-20(23)15(2)26-18-10-12-19(13-11-18)27-21(24)16-6-8-17(22-3)9-7-16/h6-13,15H,4-5,14H2,1-2H3/t15-/m1/s1. The van der Waals surface area contributed by atoms with Crippen molar-refractivity contribution in [3.8, 4) is 11.5 Å². The Morgan fingerprint density at radius 1 is 1.04 bits per heavy atom. The minimum absolute atomic E-state index is 0.347. The molecule has 0 radical (unpaired) electrons. The average molecular weight is 367 g/mol. The molecule has 0 aliphatic heterocycles. The van der Waals surface area contributed by atoms with Crippen LogP contribution in [-0.2, 0) is 9.53 Å². The summed E-state index contributed by atoms with van der Waals surface area (Å²) in [4.78, 5) is 27.2. The molecule has 0 N–H and O–H groups in total. The number of unbranched alkanes of at least 4 members (excludes halogenated alkanes) is 1. The molecule has 2 aromatic rings. The van der Waals surface area contributed by atoms with E-state index in [1.54, 1.807) is 55.5 Å². The van der Waals surface area contributed by atoms with Crippen molar-refractivity contribution in [3.05, 3.63) is 65.5 Å². The summed E-state index contributed by atoms with van der Waals surface area (Å²) in [6.45, 7) is 10.9. The monoisotopic (exact) mass is 367 g/mol. The van der Waals surface area contributed by atoms with E-state index in [1.165, 1.54) is 0 Å². The predicted octanol–water partition coefficient (Wildman–Crippen LogP) is 4.57. The number of carbonyl (C=O) groups is 2. The van der Waals surface area contributed by atoms with Gasteiger partial charge >= 0.3 is 11.9 Å². The van der Waals surface area contributed by atoms with Crippen molar-refractivity contribution in [3.63, 3.8) is 0 Å². The molecule has 0 amide bonds. The molecule has 0 fully saturated rings. The van der Waals surface area contributed by atoms with Crippen LogP contribution in [0.25, 0.3) is 4.85 Å². The Balaban J connectivity index is 1.89. The maximum atomic E-state index is 12.1. The van der Waals surface area contributed by atoms with Gasteiger partial charge in [0.05, 0.1) is 18.7 Å². The van der Waals surface area contributed by atoms with Gasteiger partial charge in [-0.25, -0.2) is 14.4 Å². The fourth-order valence-electron chi connectivity index (χ4n) is 2.11. The van der Waals surface area contributed by atoms with E-state index in [2.05, 4.69) is 4.85 Å². The molecule has 0 bridgehead atoms. The summed E-state index contributed by atoms with van der Waals surface area (Å²) in [5, 5.41) is 0. The summed E-state index contributed by atoms with van der Waals surface area (Å²) in [5.74, 6) is -0.120. The molecule has 2 aromatic carbocycles. The molecular weight excluding hydrogens is 346 g/mol. The number of nitrogens with zero attached hydrogens (tertiary/aromatic N) is 1. The van der Waals surface area contributed by atoms with E-state index in [0.29, 0.717) is 29.4 Å². The van der Waals surface area contributed by atoms with Crippen LogP contribution in [-0.4, -0.2) is 24.6 Å². The molecule has 6 nitrogen and oxygen atoms in total. The zero-order chi connectivity index (χ0) is 19.6. The molecule has 2 rings (SSSR count). The average Bonchev–Trinajstić information content (AvgIpc) is 2.69. The van der Waals surface area contributed by atoms with Gasteiger partial charge in [-0.2, -0.15) is 0 Å². The van der Waals surface area contributed by atoms with Crippen LogP contribution >= 0.6 is 0 Å². The highest BCUT2D eigenvalue weighted by atomic mass is 16.6. The van der Waals surface area contributed by atoms with Gasteiger partial charge in [-0.1, -0.05) is 37.6 Å². The van der Waals surface area contributed by atoms with E-state index in [9.17, 15) is 9.59 Å². The normalized spacial score (nSPS) is 11.1. The van der Waals surface area contributed by atoms with Crippen LogP contribution in [0.4, 0.5) is 5.69 Å². The zero-order valence-corrected chi connectivity index (χ0v) is 15.3. The Bertz CT molecular complexity index is 806. The fraction of sp³-hybridized carbons (Fsp3) is 0.286. The van der Waals surface area contributed by atoms with Crippen LogP contribution in [0.2, 0.25) is 0 Å². The Morgan fingerprint density at radius 2 is 1.67 bits per heavy atom. The van der Waals surface area contributed by atoms with E-state index in [-0.39, 0.29) is 0 Å². The predicted molar refractivity (Wildman–Crippen MR) is 100 cm³/mol. The van der Waals surface area contributed by atoms with E-state index in [1.807, 2.05) is 6.92 Å². The number of carbonyl (C=O) groups excluding carboxylic acids is 2. The number of hydrogen-bond acceptors (Lipinski definition) is 5. The van der Waals surface area contributed by atoms with Gasteiger partial charge in [0.25, 0.3) is 0 Å². The number of esters is 2.